The highest BCUT2D eigenvalue weighted by Gasteiger charge is 2.17. The first kappa shape index (κ1) is 13.2. The van der Waals surface area contributed by atoms with E-state index in [0.717, 1.165) is 5.56 Å². The van der Waals surface area contributed by atoms with Crippen molar-refractivity contribution in [3.05, 3.63) is 35.9 Å². The summed E-state index contributed by atoms with van der Waals surface area (Å²) in [5.74, 6) is -1.41. The molecule has 0 aliphatic heterocycles. The lowest BCUT2D eigenvalue weighted by Crippen LogP contribution is -2.26. The molecule has 0 radical (unpaired) electrons. The Morgan fingerprint density at radius 1 is 1.29 bits per heavy atom. The Balaban J connectivity index is 2.49. The van der Waals surface area contributed by atoms with E-state index in [9.17, 15) is 9.59 Å². The SMILES string of the molecule is CC(=O)NCCC(Cc1ccccc1)C(=O)O. The zero-order valence-corrected chi connectivity index (χ0v) is 9.85. The van der Waals surface area contributed by atoms with Crippen molar-refractivity contribution < 1.29 is 14.7 Å². The largest absolute Gasteiger partial charge is 0.481 e. The van der Waals surface area contributed by atoms with Crippen LogP contribution in [-0.4, -0.2) is 23.5 Å². The Morgan fingerprint density at radius 2 is 1.94 bits per heavy atom. The fourth-order valence-electron chi connectivity index (χ4n) is 1.63. The van der Waals surface area contributed by atoms with Gasteiger partial charge in [0.2, 0.25) is 5.91 Å². The topological polar surface area (TPSA) is 66.4 Å². The summed E-state index contributed by atoms with van der Waals surface area (Å²) >= 11 is 0. The molecule has 0 fully saturated rings. The third-order valence-corrected chi connectivity index (χ3v) is 2.54. The Bertz CT molecular complexity index is 376. The third kappa shape index (κ3) is 5.15. The summed E-state index contributed by atoms with van der Waals surface area (Å²) in [5.41, 5.74) is 1.00. The van der Waals surface area contributed by atoms with Gasteiger partial charge in [0.1, 0.15) is 0 Å². The van der Waals surface area contributed by atoms with Gasteiger partial charge in [-0.15, -0.1) is 0 Å². The monoisotopic (exact) mass is 235 g/mol. The highest BCUT2D eigenvalue weighted by Crippen LogP contribution is 2.12. The highest BCUT2D eigenvalue weighted by atomic mass is 16.4. The molecule has 4 nitrogen and oxygen atoms in total. The number of nitrogens with one attached hydrogen (secondary N) is 1. The molecule has 1 rings (SSSR count). The van der Waals surface area contributed by atoms with Crippen LogP contribution in [0.25, 0.3) is 0 Å². The van der Waals surface area contributed by atoms with Crippen LogP contribution in [0, 0.1) is 5.92 Å². The summed E-state index contributed by atoms with van der Waals surface area (Å²) in [6, 6.07) is 9.50. The van der Waals surface area contributed by atoms with E-state index in [1.165, 1.54) is 6.92 Å². The van der Waals surface area contributed by atoms with E-state index in [-0.39, 0.29) is 5.91 Å². The number of benzene rings is 1. The fourth-order valence-corrected chi connectivity index (χ4v) is 1.63. The van der Waals surface area contributed by atoms with Crippen molar-refractivity contribution in [3.63, 3.8) is 0 Å². The van der Waals surface area contributed by atoms with Gasteiger partial charge in [-0.3, -0.25) is 9.59 Å². The number of carbonyl (C=O) groups is 2. The van der Waals surface area contributed by atoms with Crippen molar-refractivity contribution in [1.29, 1.82) is 0 Å². The van der Waals surface area contributed by atoms with E-state index in [2.05, 4.69) is 5.32 Å². The number of hydrogen-bond acceptors (Lipinski definition) is 2. The number of carboxylic acids is 1. The van der Waals surface area contributed by atoms with Crippen molar-refractivity contribution in [2.45, 2.75) is 19.8 Å². The Hall–Kier alpha value is -1.84. The molecule has 0 aliphatic carbocycles. The molecule has 1 atom stereocenters. The van der Waals surface area contributed by atoms with Gasteiger partial charge in [-0.25, -0.2) is 0 Å². The second-order valence-corrected chi connectivity index (χ2v) is 4.00. The van der Waals surface area contributed by atoms with Crippen LogP contribution in [0.5, 0.6) is 0 Å². The van der Waals surface area contributed by atoms with Gasteiger partial charge in [-0.1, -0.05) is 30.3 Å². The molecule has 0 aliphatic rings. The molecule has 1 aromatic rings. The maximum absolute atomic E-state index is 11.1. The molecule has 0 heterocycles. The van der Waals surface area contributed by atoms with Crippen LogP contribution in [0.4, 0.5) is 0 Å². The molecule has 1 amide bonds. The average Bonchev–Trinajstić information content (AvgIpc) is 2.28. The second-order valence-electron chi connectivity index (χ2n) is 4.00. The van der Waals surface area contributed by atoms with Gasteiger partial charge in [-0.05, 0) is 18.4 Å². The van der Waals surface area contributed by atoms with E-state index < -0.39 is 11.9 Å². The second kappa shape index (κ2) is 6.68. The van der Waals surface area contributed by atoms with E-state index in [1.807, 2.05) is 30.3 Å². The maximum atomic E-state index is 11.1. The molecule has 0 bridgehead atoms. The number of rotatable bonds is 6. The normalized spacial score (nSPS) is 11.8. The molecule has 17 heavy (non-hydrogen) atoms. The van der Waals surface area contributed by atoms with Gasteiger partial charge in [-0.2, -0.15) is 0 Å². The number of carbonyl (C=O) groups excluding carboxylic acids is 1. The predicted molar refractivity (Wildman–Crippen MR) is 64.6 cm³/mol. The first-order chi connectivity index (χ1) is 8.09. The molecule has 1 aromatic carbocycles. The summed E-state index contributed by atoms with van der Waals surface area (Å²) < 4.78 is 0. The first-order valence-electron chi connectivity index (χ1n) is 5.60. The zero-order chi connectivity index (χ0) is 12.7. The molecular weight excluding hydrogens is 218 g/mol. The standard InChI is InChI=1S/C13H17NO3/c1-10(15)14-8-7-12(13(16)17)9-11-5-3-2-4-6-11/h2-6,12H,7-9H2,1H3,(H,14,15)(H,16,17). The molecule has 0 saturated carbocycles. The van der Waals surface area contributed by atoms with E-state index in [1.54, 1.807) is 0 Å². The Kier molecular flexibility index (Phi) is 5.20. The van der Waals surface area contributed by atoms with Crippen LogP contribution in [0.3, 0.4) is 0 Å². The number of amides is 1. The van der Waals surface area contributed by atoms with Gasteiger partial charge >= 0.3 is 5.97 Å². The lowest BCUT2D eigenvalue weighted by molar-refractivity contribution is -0.142. The number of aliphatic carboxylic acids is 1. The molecule has 0 aromatic heterocycles. The Morgan fingerprint density at radius 3 is 2.47 bits per heavy atom. The van der Waals surface area contributed by atoms with Crippen molar-refractivity contribution in [1.82, 2.24) is 5.32 Å². The van der Waals surface area contributed by atoms with Crippen LogP contribution in [0.2, 0.25) is 0 Å². The quantitative estimate of drug-likeness (QED) is 0.784. The molecule has 92 valence electrons. The lowest BCUT2D eigenvalue weighted by atomic mass is 9.96. The molecule has 1 unspecified atom stereocenters. The zero-order valence-electron chi connectivity index (χ0n) is 9.85. The highest BCUT2D eigenvalue weighted by molar-refractivity contribution is 5.73. The van der Waals surface area contributed by atoms with Crippen molar-refractivity contribution in [3.8, 4) is 0 Å². The van der Waals surface area contributed by atoms with Crippen molar-refractivity contribution in [2.75, 3.05) is 6.54 Å². The van der Waals surface area contributed by atoms with Crippen molar-refractivity contribution >= 4 is 11.9 Å². The van der Waals surface area contributed by atoms with Gasteiger partial charge < -0.3 is 10.4 Å². The Labute approximate surface area is 101 Å². The van der Waals surface area contributed by atoms with Gasteiger partial charge in [0.15, 0.2) is 0 Å². The van der Waals surface area contributed by atoms with Crippen LogP contribution >= 0.6 is 0 Å². The smallest absolute Gasteiger partial charge is 0.306 e. The van der Waals surface area contributed by atoms with E-state index >= 15 is 0 Å². The first-order valence-corrected chi connectivity index (χ1v) is 5.60. The van der Waals surface area contributed by atoms with Crippen molar-refractivity contribution in [2.24, 2.45) is 5.92 Å². The number of carboxylic acid groups (broad SMARTS) is 1. The van der Waals surface area contributed by atoms with Crippen LogP contribution < -0.4 is 5.32 Å². The minimum atomic E-state index is -0.820. The molecule has 0 saturated heterocycles. The summed E-state index contributed by atoms with van der Waals surface area (Å²) in [6.45, 7) is 1.83. The number of hydrogen-bond donors (Lipinski definition) is 2. The lowest BCUT2D eigenvalue weighted by Gasteiger charge is -2.12. The molecular formula is C13H17NO3. The third-order valence-electron chi connectivity index (χ3n) is 2.54. The minimum Gasteiger partial charge on any atom is -0.481 e. The van der Waals surface area contributed by atoms with Gasteiger partial charge in [0.25, 0.3) is 0 Å². The molecule has 0 spiro atoms. The van der Waals surface area contributed by atoms with Crippen LogP contribution in [-0.2, 0) is 16.0 Å². The van der Waals surface area contributed by atoms with Crippen LogP contribution in [0.15, 0.2) is 30.3 Å². The van der Waals surface area contributed by atoms with E-state index in [4.69, 9.17) is 5.11 Å². The summed E-state index contributed by atoms with van der Waals surface area (Å²) in [4.78, 5) is 21.8. The van der Waals surface area contributed by atoms with Gasteiger partial charge in [0.05, 0.1) is 5.92 Å². The minimum absolute atomic E-state index is 0.131. The predicted octanol–water partition coefficient (Wildman–Crippen LogP) is 1.46. The molecule has 4 heteroatoms. The van der Waals surface area contributed by atoms with E-state index in [0.29, 0.717) is 19.4 Å². The van der Waals surface area contributed by atoms with Gasteiger partial charge in [0, 0.05) is 13.5 Å². The summed E-state index contributed by atoms with van der Waals surface area (Å²) in [5, 5.41) is 11.7. The average molecular weight is 235 g/mol. The summed E-state index contributed by atoms with van der Waals surface area (Å²) in [7, 11) is 0. The molecule has 2 N–H and O–H groups in total. The van der Waals surface area contributed by atoms with Crippen LogP contribution in [0.1, 0.15) is 18.9 Å². The summed E-state index contributed by atoms with van der Waals surface area (Å²) in [6.07, 6.45) is 0.944. The maximum Gasteiger partial charge on any atom is 0.306 e. The fraction of sp³-hybridized carbons (Fsp3) is 0.385.